The SMILES string of the molecule is CCCCNC(=O)c1c[nH]c(-c2cc(Oc3cccc(NC(=O)c4occc4C)c3)ccn2)c1.CCNC=O.O=CO. The number of pyridine rings is 1. The maximum atomic E-state index is 12.4. The Morgan fingerprint density at radius 2 is 1.83 bits per heavy atom. The molecular weight excluding hydrogens is 542 g/mol. The molecule has 3 amide bonds. The number of carbonyl (C=O) groups excluding carboxylic acids is 3. The van der Waals surface area contributed by atoms with E-state index < -0.39 is 0 Å². The first-order chi connectivity index (χ1) is 20.4. The summed E-state index contributed by atoms with van der Waals surface area (Å²) in [5.74, 6) is 0.945. The Kier molecular flexibility index (Phi) is 14.1. The molecule has 12 heteroatoms. The fraction of sp³-hybridized carbons (Fsp3) is 0.233. The fourth-order valence-corrected chi connectivity index (χ4v) is 3.43. The summed E-state index contributed by atoms with van der Waals surface area (Å²) in [4.78, 5) is 49.8. The molecular formula is C30H35N5O7. The average molecular weight is 578 g/mol. The van der Waals surface area contributed by atoms with Crippen molar-refractivity contribution >= 4 is 30.4 Å². The lowest BCUT2D eigenvalue weighted by Crippen LogP contribution is -2.23. The summed E-state index contributed by atoms with van der Waals surface area (Å²) in [7, 11) is 0. The molecule has 0 unspecified atom stereocenters. The fourth-order valence-electron chi connectivity index (χ4n) is 3.43. The van der Waals surface area contributed by atoms with Crippen molar-refractivity contribution in [1.82, 2.24) is 20.6 Å². The van der Waals surface area contributed by atoms with Crippen LogP contribution in [0.15, 0.2) is 71.6 Å². The highest BCUT2D eigenvalue weighted by molar-refractivity contribution is 6.03. The zero-order valence-corrected chi connectivity index (χ0v) is 23.7. The van der Waals surface area contributed by atoms with Crippen molar-refractivity contribution in [1.29, 1.82) is 0 Å². The van der Waals surface area contributed by atoms with Crippen molar-refractivity contribution in [3.05, 3.63) is 84.1 Å². The minimum atomic E-state index is -0.327. The molecule has 4 aromatic rings. The predicted octanol–water partition coefficient (Wildman–Crippen LogP) is 5.01. The van der Waals surface area contributed by atoms with Crippen LogP contribution in [0.2, 0.25) is 0 Å². The van der Waals surface area contributed by atoms with E-state index in [0.29, 0.717) is 47.1 Å². The van der Waals surface area contributed by atoms with Crippen LogP contribution in [0, 0.1) is 6.92 Å². The number of hydrogen-bond donors (Lipinski definition) is 5. The number of carboxylic acid groups (broad SMARTS) is 1. The lowest BCUT2D eigenvalue weighted by molar-refractivity contribution is -0.122. The third-order valence-corrected chi connectivity index (χ3v) is 5.45. The molecule has 3 heterocycles. The highest BCUT2D eigenvalue weighted by Gasteiger charge is 2.14. The van der Waals surface area contributed by atoms with Crippen LogP contribution in [0.1, 0.15) is 53.2 Å². The largest absolute Gasteiger partial charge is 0.483 e. The van der Waals surface area contributed by atoms with Gasteiger partial charge in [0.1, 0.15) is 11.5 Å². The number of unbranched alkanes of at least 4 members (excludes halogenated alkanes) is 1. The number of carbonyl (C=O) groups is 4. The standard InChI is InChI=1S/C26H26N4O4.C3H7NO.CH2O2/c1-3-4-10-28-25(31)18-13-22(29-16-18)23-15-21(8-11-27-23)34-20-7-5-6-19(14-20)30-26(32)24-17(2)9-12-33-24;1-2-4-3-5;2-1-3/h5-9,11-16,29H,3-4,10H2,1-2H3,(H,28,31)(H,30,32);3H,2H2,1H3,(H,4,5);1H,(H,2,3). The topological polar surface area (TPSA) is 176 Å². The molecule has 3 aromatic heterocycles. The number of furan rings is 1. The van der Waals surface area contributed by atoms with Crippen LogP contribution in [-0.4, -0.2) is 52.9 Å². The Morgan fingerprint density at radius 1 is 1.07 bits per heavy atom. The van der Waals surface area contributed by atoms with Gasteiger partial charge in [-0.25, -0.2) is 0 Å². The maximum Gasteiger partial charge on any atom is 0.291 e. The average Bonchev–Trinajstić information content (AvgIpc) is 3.65. The van der Waals surface area contributed by atoms with E-state index in [0.717, 1.165) is 24.9 Å². The smallest absolute Gasteiger partial charge is 0.291 e. The number of H-pyrrole nitrogens is 1. The highest BCUT2D eigenvalue weighted by Crippen LogP contribution is 2.27. The summed E-state index contributed by atoms with van der Waals surface area (Å²) in [6, 6.07) is 14.1. The minimum absolute atomic E-state index is 0.119. The lowest BCUT2D eigenvalue weighted by Gasteiger charge is -2.09. The van der Waals surface area contributed by atoms with Crippen LogP contribution >= 0.6 is 0 Å². The van der Waals surface area contributed by atoms with Crippen LogP contribution in [0.3, 0.4) is 0 Å². The van der Waals surface area contributed by atoms with Gasteiger partial charge in [0.05, 0.1) is 23.2 Å². The first kappa shape index (κ1) is 32.8. The molecule has 0 aliphatic heterocycles. The van der Waals surface area contributed by atoms with E-state index >= 15 is 0 Å². The van der Waals surface area contributed by atoms with Gasteiger partial charge in [-0.3, -0.25) is 24.2 Å². The van der Waals surface area contributed by atoms with E-state index in [1.54, 1.807) is 60.9 Å². The van der Waals surface area contributed by atoms with Gasteiger partial charge in [-0.1, -0.05) is 19.4 Å². The molecule has 0 radical (unpaired) electrons. The van der Waals surface area contributed by atoms with Gasteiger partial charge in [-0.05, 0) is 50.6 Å². The third-order valence-electron chi connectivity index (χ3n) is 5.45. The summed E-state index contributed by atoms with van der Waals surface area (Å²) in [6.45, 7) is 6.89. The van der Waals surface area contributed by atoms with Crippen LogP contribution in [0.5, 0.6) is 11.5 Å². The van der Waals surface area contributed by atoms with E-state index in [1.165, 1.54) is 6.26 Å². The normalized spacial score (nSPS) is 9.69. The maximum absolute atomic E-state index is 12.4. The minimum Gasteiger partial charge on any atom is -0.483 e. The molecule has 0 atom stereocenters. The number of rotatable bonds is 11. The van der Waals surface area contributed by atoms with E-state index in [1.807, 2.05) is 13.8 Å². The highest BCUT2D eigenvalue weighted by atomic mass is 16.5. The molecule has 0 aliphatic carbocycles. The second kappa shape index (κ2) is 18.1. The second-order valence-corrected chi connectivity index (χ2v) is 8.59. The van der Waals surface area contributed by atoms with Gasteiger partial charge in [0, 0.05) is 48.9 Å². The van der Waals surface area contributed by atoms with Gasteiger partial charge >= 0.3 is 0 Å². The van der Waals surface area contributed by atoms with Crippen molar-refractivity contribution in [2.24, 2.45) is 0 Å². The number of ether oxygens (including phenoxy) is 1. The summed E-state index contributed by atoms with van der Waals surface area (Å²) in [5, 5.41) is 15.0. The summed E-state index contributed by atoms with van der Waals surface area (Å²) in [5.41, 5.74) is 3.24. The van der Waals surface area contributed by atoms with E-state index in [9.17, 15) is 14.4 Å². The monoisotopic (exact) mass is 577 g/mol. The molecule has 0 fully saturated rings. The predicted molar refractivity (Wildman–Crippen MR) is 158 cm³/mol. The van der Waals surface area contributed by atoms with Crippen LogP contribution in [0.4, 0.5) is 5.69 Å². The number of aromatic amines is 1. The molecule has 0 aliphatic rings. The first-order valence-electron chi connectivity index (χ1n) is 13.2. The molecule has 42 heavy (non-hydrogen) atoms. The van der Waals surface area contributed by atoms with E-state index in [2.05, 4.69) is 32.8 Å². The van der Waals surface area contributed by atoms with Crippen LogP contribution in [0.25, 0.3) is 11.4 Å². The molecule has 0 saturated heterocycles. The van der Waals surface area contributed by atoms with Crippen LogP contribution in [-0.2, 0) is 9.59 Å². The molecule has 0 bridgehead atoms. The Balaban J connectivity index is 0.000000686. The lowest BCUT2D eigenvalue weighted by atomic mass is 10.2. The number of aromatic nitrogens is 2. The number of hydrogen-bond acceptors (Lipinski definition) is 7. The molecule has 4 rings (SSSR count). The first-order valence-corrected chi connectivity index (χ1v) is 13.2. The number of benzene rings is 1. The Labute approximate surface area is 243 Å². The van der Waals surface area contributed by atoms with Gasteiger partial charge in [-0.2, -0.15) is 0 Å². The van der Waals surface area contributed by atoms with E-state index in [4.69, 9.17) is 19.1 Å². The van der Waals surface area contributed by atoms with Gasteiger partial charge in [0.15, 0.2) is 5.76 Å². The van der Waals surface area contributed by atoms with E-state index in [-0.39, 0.29) is 24.0 Å². The second-order valence-electron chi connectivity index (χ2n) is 8.59. The number of aryl methyl sites for hydroxylation is 1. The molecule has 12 nitrogen and oxygen atoms in total. The van der Waals surface area contributed by atoms with Crippen molar-refractivity contribution < 1.29 is 33.4 Å². The zero-order chi connectivity index (χ0) is 30.7. The number of nitrogens with one attached hydrogen (secondary N) is 4. The van der Waals surface area contributed by atoms with Gasteiger partial charge in [-0.15, -0.1) is 0 Å². The molecule has 0 saturated carbocycles. The molecule has 0 spiro atoms. The number of anilines is 1. The molecule has 5 N–H and O–H groups in total. The van der Waals surface area contributed by atoms with Gasteiger partial charge in [0.2, 0.25) is 6.41 Å². The summed E-state index contributed by atoms with van der Waals surface area (Å²) >= 11 is 0. The van der Waals surface area contributed by atoms with Gasteiger partial charge < -0.3 is 35.2 Å². The Hall–Kier alpha value is -5.39. The number of nitrogens with zero attached hydrogens (tertiary/aromatic N) is 1. The summed E-state index contributed by atoms with van der Waals surface area (Å²) < 4.78 is 11.2. The Morgan fingerprint density at radius 3 is 2.48 bits per heavy atom. The van der Waals surface area contributed by atoms with Gasteiger partial charge in [0.25, 0.3) is 18.3 Å². The summed E-state index contributed by atoms with van der Waals surface area (Å²) in [6.07, 6.45) is 7.43. The van der Waals surface area contributed by atoms with Crippen molar-refractivity contribution in [2.75, 3.05) is 18.4 Å². The third kappa shape index (κ3) is 10.6. The zero-order valence-electron chi connectivity index (χ0n) is 23.7. The molecule has 222 valence electrons. The van der Waals surface area contributed by atoms with Crippen molar-refractivity contribution in [2.45, 2.75) is 33.6 Å². The van der Waals surface area contributed by atoms with Crippen molar-refractivity contribution in [3.63, 3.8) is 0 Å². The molecule has 1 aromatic carbocycles. The quantitative estimate of drug-likeness (QED) is 0.122. The van der Waals surface area contributed by atoms with Crippen LogP contribution < -0.4 is 20.7 Å². The Bertz CT molecular complexity index is 1430. The van der Waals surface area contributed by atoms with Crippen molar-refractivity contribution in [3.8, 4) is 22.9 Å². The number of amides is 3.